The van der Waals surface area contributed by atoms with Crippen LogP contribution in [0.25, 0.3) is 32.9 Å². The molecule has 0 spiro atoms. The van der Waals surface area contributed by atoms with E-state index in [1.165, 1.54) is 6.07 Å². The van der Waals surface area contributed by atoms with E-state index in [2.05, 4.69) is 26.9 Å². The van der Waals surface area contributed by atoms with Crippen molar-refractivity contribution in [3.63, 3.8) is 0 Å². The summed E-state index contributed by atoms with van der Waals surface area (Å²) in [6.45, 7) is 4.70. The average molecular weight is 765 g/mol. The van der Waals surface area contributed by atoms with Crippen LogP contribution in [0.2, 0.25) is 0 Å². The summed E-state index contributed by atoms with van der Waals surface area (Å²) in [5, 5.41) is 5.34. The lowest BCUT2D eigenvalue weighted by Crippen LogP contribution is -2.56. The minimum atomic E-state index is -5.59. The second-order valence-electron chi connectivity index (χ2n) is 15.0. The molecule has 0 bridgehead atoms. The predicted octanol–water partition coefficient (Wildman–Crippen LogP) is 7.82. The van der Waals surface area contributed by atoms with E-state index in [0.717, 1.165) is 11.8 Å². The van der Waals surface area contributed by atoms with Gasteiger partial charge < -0.3 is 19.7 Å². The number of rotatable bonds is 8. The topological polar surface area (TPSA) is 75.6 Å². The number of pyridine rings is 1. The fourth-order valence-corrected chi connectivity index (χ4v) is 9.10. The molecule has 1 N–H and O–H groups in total. The van der Waals surface area contributed by atoms with E-state index >= 15 is 4.39 Å². The van der Waals surface area contributed by atoms with Gasteiger partial charge in [0.2, 0.25) is 6.10 Å². The van der Waals surface area contributed by atoms with Gasteiger partial charge in [0.05, 0.1) is 23.2 Å². The van der Waals surface area contributed by atoms with E-state index in [9.17, 15) is 30.7 Å². The molecule has 16 heteroatoms. The highest BCUT2D eigenvalue weighted by atomic mass is 19.4. The van der Waals surface area contributed by atoms with Crippen molar-refractivity contribution in [3.8, 4) is 17.3 Å². The number of aromatic nitrogens is 3. The summed E-state index contributed by atoms with van der Waals surface area (Å²) in [5.41, 5.74) is 0.755. The maximum Gasteiger partial charge on any atom is 0.423 e. The van der Waals surface area contributed by atoms with Crippen molar-refractivity contribution >= 4 is 27.5 Å². The average Bonchev–Trinajstić information content (AvgIpc) is 3.65. The highest BCUT2D eigenvalue weighted by molar-refractivity contribution is 6.01. The number of hydrogen-bond donors (Lipinski definition) is 1. The Bertz CT molecular complexity index is 2060. The number of fused-ring (bicyclic) bond motifs is 4. The van der Waals surface area contributed by atoms with Crippen LogP contribution in [0.3, 0.4) is 0 Å². The van der Waals surface area contributed by atoms with Gasteiger partial charge in [-0.2, -0.15) is 36.3 Å². The van der Waals surface area contributed by atoms with Crippen molar-refractivity contribution in [2.75, 3.05) is 37.7 Å². The monoisotopic (exact) mass is 764 g/mol. The molecule has 4 aliphatic rings. The third-order valence-corrected chi connectivity index (χ3v) is 11.8. The molecule has 6 heterocycles. The summed E-state index contributed by atoms with van der Waals surface area (Å²) in [4.78, 5) is 18.5. The molecule has 54 heavy (non-hydrogen) atoms. The van der Waals surface area contributed by atoms with Crippen LogP contribution in [0.5, 0.6) is 6.01 Å². The van der Waals surface area contributed by atoms with Gasteiger partial charge in [-0.15, -0.1) is 0 Å². The largest absolute Gasteiger partial charge is 0.461 e. The lowest BCUT2D eigenvalue weighted by molar-refractivity contribution is -0.323. The Hall–Kier alpha value is -3.89. The molecule has 0 amide bonds. The normalized spacial score (nSPS) is 24.7. The minimum Gasteiger partial charge on any atom is -0.461 e. The van der Waals surface area contributed by atoms with Crippen LogP contribution in [0.4, 0.5) is 40.9 Å². The van der Waals surface area contributed by atoms with Crippen LogP contribution < -0.4 is 15.0 Å². The molecule has 4 aromatic rings. The maximum absolute atomic E-state index is 17.1. The zero-order chi connectivity index (χ0) is 38.2. The highest BCUT2D eigenvalue weighted by Crippen LogP contribution is 2.45. The summed E-state index contributed by atoms with van der Waals surface area (Å²) in [7, 11) is 0. The Morgan fingerprint density at radius 2 is 1.78 bits per heavy atom. The molecule has 4 atom stereocenters. The first kappa shape index (κ1) is 37.1. The zero-order valence-corrected chi connectivity index (χ0v) is 29.8. The number of benzene rings is 2. The molecule has 0 unspecified atom stereocenters. The predicted molar refractivity (Wildman–Crippen MR) is 186 cm³/mol. The van der Waals surface area contributed by atoms with Gasteiger partial charge in [-0.25, -0.2) is 13.8 Å². The van der Waals surface area contributed by atoms with Crippen molar-refractivity contribution in [1.82, 2.24) is 25.2 Å². The first-order chi connectivity index (χ1) is 25.7. The fourth-order valence-electron chi connectivity index (χ4n) is 9.10. The molecule has 4 aliphatic heterocycles. The van der Waals surface area contributed by atoms with Crippen LogP contribution >= 0.6 is 0 Å². The Balaban J connectivity index is 1.17. The summed E-state index contributed by atoms with van der Waals surface area (Å²) in [6, 6.07) is 7.74. The van der Waals surface area contributed by atoms with Crippen LogP contribution in [-0.4, -0.2) is 94.8 Å². The number of alkyl halides is 6. The smallest absolute Gasteiger partial charge is 0.423 e. The lowest BCUT2D eigenvalue weighted by Gasteiger charge is -2.40. The second kappa shape index (κ2) is 13.7. The van der Waals surface area contributed by atoms with Crippen LogP contribution in [-0.2, 0) is 11.2 Å². The zero-order valence-electron chi connectivity index (χ0n) is 29.8. The summed E-state index contributed by atoms with van der Waals surface area (Å²) >= 11 is 0. The Kier molecular flexibility index (Phi) is 9.40. The van der Waals surface area contributed by atoms with Crippen LogP contribution in [0.1, 0.15) is 56.7 Å². The Morgan fingerprint density at radius 3 is 2.54 bits per heavy atom. The maximum atomic E-state index is 17.1. The van der Waals surface area contributed by atoms with Crippen molar-refractivity contribution in [3.05, 3.63) is 53.2 Å². The van der Waals surface area contributed by atoms with Crippen molar-refractivity contribution < 1.29 is 44.6 Å². The third kappa shape index (κ3) is 6.41. The Morgan fingerprint density at radius 1 is 0.981 bits per heavy atom. The summed E-state index contributed by atoms with van der Waals surface area (Å²) in [6.07, 6.45) is -11.0. The van der Waals surface area contributed by atoms with Gasteiger partial charge in [0.25, 0.3) is 0 Å². The van der Waals surface area contributed by atoms with Gasteiger partial charge in [0.15, 0.2) is 5.82 Å². The minimum absolute atomic E-state index is 0.00675. The molecule has 3 saturated heterocycles. The molecule has 8 nitrogen and oxygen atoms in total. The van der Waals surface area contributed by atoms with Crippen molar-refractivity contribution in [2.24, 2.45) is 0 Å². The number of halogens is 8. The van der Waals surface area contributed by atoms with Gasteiger partial charge in [0.1, 0.15) is 29.5 Å². The van der Waals surface area contributed by atoms with E-state index in [1.54, 1.807) is 25.1 Å². The molecule has 3 fully saturated rings. The number of piperazine rings is 1. The van der Waals surface area contributed by atoms with Gasteiger partial charge in [0, 0.05) is 36.8 Å². The third-order valence-electron chi connectivity index (χ3n) is 11.8. The highest BCUT2D eigenvalue weighted by Gasteiger charge is 2.59. The molecule has 0 radical (unpaired) electrons. The molecule has 0 saturated carbocycles. The molecular weight excluding hydrogens is 724 g/mol. The van der Waals surface area contributed by atoms with Gasteiger partial charge in [-0.05, 0) is 80.8 Å². The molecule has 0 aliphatic carbocycles. The van der Waals surface area contributed by atoms with Gasteiger partial charge >= 0.3 is 18.4 Å². The number of hydrogen-bond acceptors (Lipinski definition) is 8. The number of aryl methyl sites for hydroxylation is 2. The lowest BCUT2D eigenvalue weighted by atomic mass is 9.95. The second-order valence-corrected chi connectivity index (χ2v) is 15.0. The van der Waals surface area contributed by atoms with E-state index < -0.39 is 48.3 Å². The van der Waals surface area contributed by atoms with E-state index in [0.29, 0.717) is 91.6 Å². The van der Waals surface area contributed by atoms with Crippen LogP contribution in [0, 0.1) is 18.6 Å². The number of nitrogens with zero attached hydrogens (tertiary/aromatic N) is 5. The van der Waals surface area contributed by atoms with E-state index in [1.807, 2.05) is 11.0 Å². The molecule has 2 aromatic heterocycles. The molecular formula is C38H40F8N6O2. The summed E-state index contributed by atoms with van der Waals surface area (Å²) in [5.74, 6) is -0.637. The van der Waals surface area contributed by atoms with Gasteiger partial charge in [-0.1, -0.05) is 31.2 Å². The molecule has 2 aromatic carbocycles. The molecule has 8 rings (SSSR count). The molecule has 290 valence electrons. The van der Waals surface area contributed by atoms with E-state index in [4.69, 9.17) is 14.7 Å². The Labute approximate surface area is 306 Å². The first-order valence-electron chi connectivity index (χ1n) is 18.4. The fraction of sp³-hybridized carbons (Fsp3) is 0.553. The van der Waals surface area contributed by atoms with Gasteiger partial charge in [-0.3, -0.25) is 4.90 Å². The first-order valence-corrected chi connectivity index (χ1v) is 18.4. The van der Waals surface area contributed by atoms with Crippen LogP contribution in [0.15, 0.2) is 30.3 Å². The summed E-state index contributed by atoms with van der Waals surface area (Å²) < 4.78 is 122. The number of nitrogens with one attached hydrogen (secondary N) is 1. The standard InChI is InChI=1S/C38H40F8N6O2/c1-3-22-17-51-23(16-47-22)9-11-27-29-32(30(40)31(48-27)25-7-4-6-21-8-10-26(39)20(2)28(21)25)49-35(50-33(29)51)54-19-36-13-5-15-52(36)24(12-14-36)18-53-34(37(41,42)43)38(44,45)46/h4,6-8,10,22-24,34,47H,3,5,9,11-19H2,1-2H3/t22-,23-,24+,36+/m1/s1. The number of anilines is 1. The number of ether oxygens (including phenoxy) is 2. The SMILES string of the molecule is CC[C@@H]1CN2c3nc(OC[C@@]45CCCN4[C@H](COC(C(F)(F)F)C(F)(F)F)CC5)nc4c(F)c(-c5cccc6ccc(F)c(C)c56)nc(c34)CC[C@@H]2CN1. The van der Waals surface area contributed by atoms with E-state index in [-0.39, 0.29) is 35.9 Å². The van der Waals surface area contributed by atoms with Crippen molar-refractivity contribution in [1.29, 1.82) is 0 Å². The quantitative estimate of drug-likeness (QED) is 0.182. The van der Waals surface area contributed by atoms with Crippen molar-refractivity contribution in [2.45, 2.75) is 101 Å².